The largest absolute Gasteiger partial charge is 0.573 e. The smallest absolute Gasteiger partial charge is 0.406 e. The number of benzene rings is 3. The first-order chi connectivity index (χ1) is 19.0. The number of ether oxygens (including phenoxy) is 1. The van der Waals surface area contributed by atoms with E-state index in [-0.39, 0.29) is 29.7 Å². The van der Waals surface area contributed by atoms with Gasteiger partial charge in [-0.15, -0.1) is 18.3 Å². The van der Waals surface area contributed by atoms with E-state index in [0.717, 1.165) is 22.3 Å². The zero-order valence-electron chi connectivity index (χ0n) is 21.9. The van der Waals surface area contributed by atoms with E-state index in [2.05, 4.69) is 14.8 Å². The number of thiocarbonyl (C=S) groups is 1. The van der Waals surface area contributed by atoms with E-state index >= 15 is 0 Å². The zero-order valence-corrected chi connectivity index (χ0v) is 22.7. The van der Waals surface area contributed by atoms with Crippen LogP contribution in [-0.4, -0.2) is 31.8 Å². The number of carbonyl (C=O) groups is 1. The van der Waals surface area contributed by atoms with Crippen molar-refractivity contribution in [2.75, 3.05) is 0 Å². The van der Waals surface area contributed by atoms with Crippen LogP contribution in [-0.2, 0) is 17.6 Å². The average Bonchev–Trinajstić information content (AvgIpc) is 3.38. The molecule has 0 saturated carbocycles. The van der Waals surface area contributed by atoms with Gasteiger partial charge < -0.3 is 4.74 Å². The molecule has 1 aromatic heterocycles. The number of ketones is 1. The number of Topliss-reactive ketones (excluding diaryl/α,β-unsaturated/α-hetero) is 1. The molecule has 0 saturated heterocycles. The van der Waals surface area contributed by atoms with Crippen LogP contribution in [0.15, 0.2) is 73.1 Å². The number of hydrogen-bond donors (Lipinski definition) is 0. The molecule has 0 radical (unpaired) electrons. The maximum Gasteiger partial charge on any atom is 0.573 e. The third-order valence-electron chi connectivity index (χ3n) is 6.24. The molecule has 4 aromatic rings. The number of carbonyl (C=O) groups excluding carboxylic acids is 1. The number of hydrogen-bond acceptors (Lipinski definition) is 5. The molecular weight excluding hydrogens is 542 g/mol. The van der Waals surface area contributed by atoms with E-state index in [1.807, 2.05) is 38.1 Å². The van der Waals surface area contributed by atoms with E-state index in [9.17, 15) is 22.4 Å². The van der Waals surface area contributed by atoms with Crippen molar-refractivity contribution in [1.82, 2.24) is 14.8 Å². The normalized spacial score (nSPS) is 11.6. The van der Waals surface area contributed by atoms with Crippen molar-refractivity contribution in [3.8, 4) is 22.8 Å². The molecule has 10 heteroatoms. The van der Waals surface area contributed by atoms with Crippen LogP contribution in [0.3, 0.4) is 0 Å². The Bertz CT molecular complexity index is 1480. The minimum Gasteiger partial charge on any atom is -0.406 e. The average molecular weight is 570 g/mol. The summed E-state index contributed by atoms with van der Waals surface area (Å²) < 4.78 is 56.1. The highest BCUT2D eigenvalue weighted by Gasteiger charge is 2.31. The van der Waals surface area contributed by atoms with Crippen LogP contribution in [0.4, 0.5) is 17.6 Å². The summed E-state index contributed by atoms with van der Waals surface area (Å²) in [6.07, 6.45) is -1.70. The topological polar surface area (TPSA) is 57.0 Å². The molecule has 40 heavy (non-hydrogen) atoms. The second-order valence-electron chi connectivity index (χ2n) is 9.68. The fourth-order valence-electron chi connectivity index (χ4n) is 4.27. The predicted molar refractivity (Wildman–Crippen MR) is 148 cm³/mol. The van der Waals surface area contributed by atoms with E-state index < -0.39 is 6.36 Å². The Hall–Kier alpha value is -3.92. The number of aryl methyl sites for hydroxylation is 1. The summed E-state index contributed by atoms with van der Waals surface area (Å²) in [7, 11) is 0. The molecule has 4 rings (SSSR count). The molecule has 0 N–H and O–H groups in total. The first kappa shape index (κ1) is 29.1. The molecule has 0 fully saturated rings. The van der Waals surface area contributed by atoms with E-state index in [1.54, 1.807) is 6.07 Å². The molecule has 0 bridgehead atoms. The van der Waals surface area contributed by atoms with Crippen molar-refractivity contribution in [2.24, 2.45) is 0 Å². The highest BCUT2D eigenvalue weighted by Crippen LogP contribution is 2.25. The van der Waals surface area contributed by atoms with Crippen LogP contribution in [0.25, 0.3) is 17.1 Å². The fraction of sp³-hybridized carbons (Fsp3) is 0.267. The summed E-state index contributed by atoms with van der Waals surface area (Å²) in [6.45, 7) is 4.00. The second kappa shape index (κ2) is 12.5. The van der Waals surface area contributed by atoms with E-state index in [1.165, 1.54) is 47.4 Å². The molecule has 0 unspecified atom stereocenters. The first-order valence-corrected chi connectivity index (χ1v) is 13.1. The Labute approximate surface area is 234 Å². The van der Waals surface area contributed by atoms with Gasteiger partial charge in [-0.3, -0.25) is 4.79 Å². The summed E-state index contributed by atoms with van der Waals surface area (Å²) in [4.78, 5) is 17.5. The number of aromatic nitrogens is 3. The minimum absolute atomic E-state index is 0.0503. The van der Waals surface area contributed by atoms with Crippen molar-refractivity contribution in [3.05, 3.63) is 95.6 Å². The van der Waals surface area contributed by atoms with Gasteiger partial charge in [0.25, 0.3) is 0 Å². The lowest BCUT2D eigenvalue weighted by atomic mass is 9.93. The molecule has 0 amide bonds. The monoisotopic (exact) mass is 569 g/mol. The SMILES string of the molecule is CC(C)c1cc(F)ccc1CC(=S)CC(=O)CCc1ccc(-c2ncn(-c3ccc(OC(F)(F)F)cc3)n2)cc1. The van der Waals surface area contributed by atoms with Gasteiger partial charge in [0.15, 0.2) is 5.82 Å². The summed E-state index contributed by atoms with van der Waals surface area (Å²) in [6, 6.07) is 17.5. The van der Waals surface area contributed by atoms with Gasteiger partial charge in [-0.25, -0.2) is 14.1 Å². The molecule has 0 atom stereocenters. The molecule has 208 valence electrons. The lowest BCUT2D eigenvalue weighted by Crippen LogP contribution is -2.17. The molecular formula is C30H27F4N3O2S. The van der Waals surface area contributed by atoms with Crippen LogP contribution in [0.1, 0.15) is 49.3 Å². The molecule has 1 heterocycles. The van der Waals surface area contributed by atoms with Gasteiger partial charge in [0.05, 0.1) is 5.69 Å². The van der Waals surface area contributed by atoms with Gasteiger partial charge >= 0.3 is 6.36 Å². The molecule has 5 nitrogen and oxygen atoms in total. The van der Waals surface area contributed by atoms with E-state index in [4.69, 9.17) is 12.2 Å². The Morgan fingerprint density at radius 1 is 1.02 bits per heavy atom. The molecule has 0 aliphatic carbocycles. The highest BCUT2D eigenvalue weighted by atomic mass is 32.1. The van der Waals surface area contributed by atoms with Crippen molar-refractivity contribution < 1.29 is 27.1 Å². The summed E-state index contributed by atoms with van der Waals surface area (Å²) in [5.41, 5.74) is 4.12. The van der Waals surface area contributed by atoms with Crippen LogP contribution >= 0.6 is 12.2 Å². The number of rotatable bonds is 11. The molecule has 0 aliphatic rings. The van der Waals surface area contributed by atoms with Crippen molar-refractivity contribution in [1.29, 1.82) is 0 Å². The van der Waals surface area contributed by atoms with Crippen molar-refractivity contribution in [3.63, 3.8) is 0 Å². The first-order valence-electron chi connectivity index (χ1n) is 12.7. The van der Waals surface area contributed by atoms with Gasteiger partial charge in [0.2, 0.25) is 0 Å². The lowest BCUT2D eigenvalue weighted by Gasteiger charge is -2.13. The van der Waals surface area contributed by atoms with E-state index in [0.29, 0.717) is 35.6 Å². The lowest BCUT2D eigenvalue weighted by molar-refractivity contribution is -0.274. The highest BCUT2D eigenvalue weighted by molar-refractivity contribution is 7.80. The maximum atomic E-state index is 13.6. The quantitative estimate of drug-likeness (QED) is 0.138. The van der Waals surface area contributed by atoms with Gasteiger partial charge in [0.1, 0.15) is 23.7 Å². The Balaban J connectivity index is 1.29. The van der Waals surface area contributed by atoms with Crippen molar-refractivity contribution in [2.45, 2.75) is 51.8 Å². The predicted octanol–water partition coefficient (Wildman–Crippen LogP) is 7.60. The Morgan fingerprint density at radius 3 is 2.38 bits per heavy atom. The number of nitrogens with zero attached hydrogens (tertiary/aromatic N) is 3. The standard InChI is InChI=1S/C30H27F4N3O2S/c1-19(2)28-16-23(31)9-8-22(28)15-27(40)17-25(38)12-5-20-3-6-21(7-4-20)29-35-18-37(36-29)24-10-13-26(14-11-24)39-30(32,33)34/h3-4,6-11,13-14,16,18-19H,5,12,15,17H2,1-2H3. The number of alkyl halides is 3. The fourth-order valence-corrected chi connectivity index (χ4v) is 4.59. The van der Waals surface area contributed by atoms with Gasteiger partial charge in [0, 0.05) is 29.7 Å². The summed E-state index contributed by atoms with van der Waals surface area (Å²) in [5, 5.41) is 4.40. The van der Waals surface area contributed by atoms with Crippen LogP contribution in [0.2, 0.25) is 0 Å². The molecule has 0 aliphatic heterocycles. The third-order valence-corrected chi connectivity index (χ3v) is 6.53. The van der Waals surface area contributed by atoms with Gasteiger partial charge in [-0.05, 0) is 65.4 Å². The maximum absolute atomic E-state index is 13.6. The van der Waals surface area contributed by atoms with Crippen LogP contribution in [0, 0.1) is 5.82 Å². The number of halogens is 4. The summed E-state index contributed by atoms with van der Waals surface area (Å²) in [5.74, 6) is 0.0577. The molecule has 0 spiro atoms. The minimum atomic E-state index is -4.75. The summed E-state index contributed by atoms with van der Waals surface area (Å²) >= 11 is 5.48. The third kappa shape index (κ3) is 8.05. The van der Waals surface area contributed by atoms with Crippen LogP contribution in [0.5, 0.6) is 5.75 Å². The zero-order chi connectivity index (χ0) is 28.9. The Morgan fingerprint density at radius 2 is 1.73 bits per heavy atom. The van der Waals surface area contributed by atoms with Gasteiger partial charge in [-0.2, -0.15) is 0 Å². The van der Waals surface area contributed by atoms with Crippen LogP contribution < -0.4 is 4.74 Å². The molecule has 3 aromatic carbocycles. The second-order valence-corrected chi connectivity index (χ2v) is 10.3. The Kier molecular flexibility index (Phi) is 9.09. The van der Waals surface area contributed by atoms with Gasteiger partial charge in [-0.1, -0.05) is 56.4 Å². The van der Waals surface area contributed by atoms with Crippen molar-refractivity contribution >= 4 is 22.9 Å².